The monoisotopic (exact) mass is 181 g/mol. The van der Waals surface area contributed by atoms with Gasteiger partial charge in [0.25, 0.3) is 0 Å². The summed E-state index contributed by atoms with van der Waals surface area (Å²) < 4.78 is 31.4. The molecular weight excluding hydrogens is 170 g/mol. The zero-order valence-corrected chi connectivity index (χ0v) is 7.00. The highest BCUT2D eigenvalue weighted by atomic mass is 32.2. The van der Waals surface area contributed by atoms with Crippen LogP contribution in [0.15, 0.2) is 0 Å². The van der Waals surface area contributed by atoms with Gasteiger partial charge in [0.1, 0.15) is 11.4 Å². The van der Waals surface area contributed by atoms with E-state index in [0.29, 0.717) is 6.61 Å². The molecule has 11 heavy (non-hydrogen) atoms. The Kier molecular flexibility index (Phi) is 2.48. The molecule has 5 nitrogen and oxygen atoms in total. The van der Waals surface area contributed by atoms with E-state index in [4.69, 9.17) is 14.6 Å². The number of hydrogen-bond donors (Lipinski definition) is 1. The van der Waals surface area contributed by atoms with Crippen molar-refractivity contribution < 1.29 is 17.9 Å². The summed E-state index contributed by atoms with van der Waals surface area (Å²) in [5.41, 5.74) is 0. The van der Waals surface area contributed by atoms with Gasteiger partial charge in [-0.3, -0.25) is 0 Å². The van der Waals surface area contributed by atoms with Crippen LogP contribution in [0.2, 0.25) is 0 Å². The third-order valence-electron chi connectivity index (χ3n) is 1.70. The molecule has 1 aliphatic rings. The Labute approximate surface area is 65.5 Å². The predicted octanol–water partition coefficient (Wildman–Crippen LogP) is -1.31. The van der Waals surface area contributed by atoms with E-state index in [2.05, 4.69) is 0 Å². The van der Waals surface area contributed by atoms with Crippen LogP contribution in [0.3, 0.4) is 0 Å². The van der Waals surface area contributed by atoms with Crippen molar-refractivity contribution in [2.24, 2.45) is 5.14 Å². The average molecular weight is 181 g/mol. The minimum absolute atomic E-state index is 0.136. The Morgan fingerprint density at radius 3 is 2.55 bits per heavy atom. The van der Waals surface area contributed by atoms with Crippen molar-refractivity contribution in [3.8, 4) is 0 Å². The molecule has 0 aromatic carbocycles. The second-order valence-corrected chi connectivity index (χ2v) is 4.22. The van der Waals surface area contributed by atoms with E-state index in [0.717, 1.165) is 0 Å². The lowest BCUT2D eigenvalue weighted by molar-refractivity contribution is 0.0829. The van der Waals surface area contributed by atoms with Gasteiger partial charge in [-0.25, -0.2) is 13.6 Å². The van der Waals surface area contributed by atoms with Crippen LogP contribution in [0.1, 0.15) is 0 Å². The van der Waals surface area contributed by atoms with Gasteiger partial charge in [0.05, 0.1) is 13.2 Å². The van der Waals surface area contributed by atoms with Crippen LogP contribution in [0.5, 0.6) is 0 Å². The largest absolute Gasteiger partial charge is 0.378 e. The molecule has 1 heterocycles. The van der Waals surface area contributed by atoms with Crippen LogP contribution in [0, 0.1) is 0 Å². The quantitative estimate of drug-likeness (QED) is 0.573. The average Bonchev–Trinajstić information content (AvgIpc) is 2.31. The van der Waals surface area contributed by atoms with Crippen molar-refractivity contribution in [2.45, 2.75) is 11.4 Å². The first-order chi connectivity index (χ1) is 5.05. The summed E-state index contributed by atoms with van der Waals surface area (Å²) in [5, 5.41) is 4.22. The van der Waals surface area contributed by atoms with Crippen molar-refractivity contribution in [2.75, 3.05) is 20.3 Å². The molecular formula is C5H11NO4S. The number of methoxy groups -OCH3 is 1. The first-order valence-corrected chi connectivity index (χ1v) is 4.79. The highest BCUT2D eigenvalue weighted by Gasteiger charge is 2.36. The summed E-state index contributed by atoms with van der Waals surface area (Å²) in [6.45, 7) is 0.439. The minimum atomic E-state index is -3.51. The zero-order valence-electron chi connectivity index (χ0n) is 6.19. The molecule has 0 bridgehead atoms. The summed E-state index contributed by atoms with van der Waals surface area (Å²) in [5.74, 6) is 0. The van der Waals surface area contributed by atoms with E-state index < -0.39 is 21.4 Å². The standard InChI is InChI=1S/C5H11NO4S/c1-9-4-2-10-3-5(4)11(6,7)8/h4-5H,2-3H2,1H3,(H2,6,7,8)/t4-,5+/m0/s1. The number of sulfonamides is 1. The van der Waals surface area contributed by atoms with E-state index in [1.165, 1.54) is 7.11 Å². The number of primary sulfonamides is 1. The number of nitrogens with two attached hydrogens (primary N) is 1. The maximum absolute atomic E-state index is 10.8. The highest BCUT2D eigenvalue weighted by Crippen LogP contribution is 2.14. The summed E-state index contributed by atoms with van der Waals surface area (Å²) >= 11 is 0. The van der Waals surface area contributed by atoms with Crippen LogP contribution in [-0.4, -0.2) is 40.1 Å². The van der Waals surface area contributed by atoms with Gasteiger partial charge in [0.2, 0.25) is 10.0 Å². The van der Waals surface area contributed by atoms with E-state index in [1.54, 1.807) is 0 Å². The fraction of sp³-hybridized carbons (Fsp3) is 1.00. The van der Waals surface area contributed by atoms with E-state index in [9.17, 15) is 8.42 Å². The lowest BCUT2D eigenvalue weighted by atomic mass is 10.3. The second-order valence-electron chi connectivity index (χ2n) is 2.44. The molecule has 2 N–H and O–H groups in total. The highest BCUT2D eigenvalue weighted by molar-refractivity contribution is 7.89. The number of hydrogen-bond acceptors (Lipinski definition) is 4. The van der Waals surface area contributed by atoms with Gasteiger partial charge in [-0.1, -0.05) is 0 Å². The summed E-state index contributed by atoms with van der Waals surface area (Å²) in [6.07, 6.45) is -0.412. The van der Waals surface area contributed by atoms with Gasteiger partial charge < -0.3 is 9.47 Å². The maximum Gasteiger partial charge on any atom is 0.216 e. The van der Waals surface area contributed by atoms with Crippen LogP contribution in [0.4, 0.5) is 0 Å². The third-order valence-corrected chi connectivity index (χ3v) is 2.99. The van der Waals surface area contributed by atoms with Crippen molar-refractivity contribution in [3.05, 3.63) is 0 Å². The van der Waals surface area contributed by atoms with Crippen LogP contribution in [0.25, 0.3) is 0 Å². The summed E-state index contributed by atoms with van der Waals surface area (Å²) in [7, 11) is -2.07. The van der Waals surface area contributed by atoms with E-state index >= 15 is 0 Å². The molecule has 0 spiro atoms. The first kappa shape index (κ1) is 8.92. The Morgan fingerprint density at radius 2 is 2.18 bits per heavy atom. The van der Waals surface area contributed by atoms with Gasteiger partial charge in [-0.15, -0.1) is 0 Å². The molecule has 0 aliphatic carbocycles. The number of ether oxygens (including phenoxy) is 2. The molecule has 0 aromatic rings. The molecule has 0 unspecified atom stereocenters. The minimum Gasteiger partial charge on any atom is -0.378 e. The predicted molar refractivity (Wildman–Crippen MR) is 38.5 cm³/mol. The second kappa shape index (κ2) is 3.06. The number of rotatable bonds is 2. The Morgan fingerprint density at radius 1 is 1.55 bits per heavy atom. The topological polar surface area (TPSA) is 78.6 Å². The normalized spacial score (nSPS) is 32.5. The summed E-state index contributed by atoms with van der Waals surface area (Å²) in [6, 6.07) is 0. The SMILES string of the molecule is CO[C@H]1COC[C@H]1S(N)(=O)=O. The van der Waals surface area contributed by atoms with Gasteiger partial charge in [0, 0.05) is 7.11 Å². The van der Waals surface area contributed by atoms with Crippen molar-refractivity contribution >= 4 is 10.0 Å². The molecule has 1 saturated heterocycles. The lowest BCUT2D eigenvalue weighted by Gasteiger charge is -2.12. The lowest BCUT2D eigenvalue weighted by Crippen LogP contribution is -2.38. The molecule has 0 aromatic heterocycles. The smallest absolute Gasteiger partial charge is 0.216 e. The molecule has 1 aliphatic heterocycles. The first-order valence-electron chi connectivity index (χ1n) is 3.18. The van der Waals surface area contributed by atoms with Gasteiger partial charge in [-0.05, 0) is 0 Å². The van der Waals surface area contributed by atoms with Crippen molar-refractivity contribution in [1.29, 1.82) is 0 Å². The summed E-state index contributed by atoms with van der Waals surface area (Å²) in [4.78, 5) is 0. The Bertz CT molecular complexity index is 225. The van der Waals surface area contributed by atoms with Crippen molar-refractivity contribution in [1.82, 2.24) is 0 Å². The molecule has 0 amide bonds. The zero-order chi connectivity index (χ0) is 8.48. The maximum atomic E-state index is 10.8. The van der Waals surface area contributed by atoms with Crippen LogP contribution >= 0.6 is 0 Å². The molecule has 66 valence electrons. The van der Waals surface area contributed by atoms with Crippen molar-refractivity contribution in [3.63, 3.8) is 0 Å². The fourth-order valence-corrected chi connectivity index (χ4v) is 1.94. The molecule has 0 saturated carbocycles. The van der Waals surface area contributed by atoms with E-state index in [1.807, 2.05) is 0 Å². The molecule has 6 heteroatoms. The van der Waals surface area contributed by atoms with Gasteiger partial charge in [0.15, 0.2) is 0 Å². The van der Waals surface area contributed by atoms with E-state index in [-0.39, 0.29) is 6.61 Å². The molecule has 1 fully saturated rings. The van der Waals surface area contributed by atoms with Gasteiger partial charge >= 0.3 is 0 Å². The van der Waals surface area contributed by atoms with Crippen LogP contribution < -0.4 is 5.14 Å². The Balaban J connectivity index is 2.72. The molecule has 1 rings (SSSR count). The molecule has 2 atom stereocenters. The van der Waals surface area contributed by atoms with Crippen LogP contribution in [-0.2, 0) is 19.5 Å². The van der Waals surface area contributed by atoms with Gasteiger partial charge in [-0.2, -0.15) is 0 Å². The molecule has 0 radical (unpaired) electrons. The fourth-order valence-electron chi connectivity index (χ4n) is 1.04. The Hall–Kier alpha value is -0.170. The third kappa shape index (κ3) is 1.90.